The SMILES string of the molecule is COC1(C)CCCN(C(=O)c2cc(N)nc(C(C)C)c2)C1. The summed E-state index contributed by atoms with van der Waals surface area (Å²) >= 11 is 0. The highest BCUT2D eigenvalue weighted by atomic mass is 16.5. The van der Waals surface area contributed by atoms with Crippen LogP contribution in [0.4, 0.5) is 5.82 Å². The van der Waals surface area contributed by atoms with Crippen LogP contribution >= 0.6 is 0 Å². The van der Waals surface area contributed by atoms with Crippen molar-refractivity contribution >= 4 is 11.7 Å². The number of nitrogens with two attached hydrogens (primary N) is 1. The molecule has 1 aromatic rings. The first kappa shape index (κ1) is 15.8. The lowest BCUT2D eigenvalue weighted by atomic mass is 9.94. The van der Waals surface area contributed by atoms with Crippen LogP contribution in [0, 0.1) is 0 Å². The number of carbonyl (C=O) groups excluding carboxylic acids is 1. The van der Waals surface area contributed by atoms with Gasteiger partial charge in [-0.05, 0) is 37.8 Å². The lowest BCUT2D eigenvalue weighted by molar-refractivity contribution is -0.0440. The van der Waals surface area contributed by atoms with Crippen molar-refractivity contribution in [3.05, 3.63) is 23.4 Å². The second-order valence-corrected chi connectivity index (χ2v) is 6.34. The molecule has 2 rings (SSSR count). The zero-order valence-electron chi connectivity index (χ0n) is 13.3. The van der Waals surface area contributed by atoms with Crippen LogP contribution in [0.1, 0.15) is 55.6 Å². The molecule has 1 aliphatic heterocycles. The van der Waals surface area contributed by atoms with Crippen molar-refractivity contribution in [1.82, 2.24) is 9.88 Å². The number of hydrogen-bond acceptors (Lipinski definition) is 4. The molecule has 2 N–H and O–H groups in total. The first-order chi connectivity index (χ1) is 9.84. The number of nitrogens with zero attached hydrogens (tertiary/aromatic N) is 2. The summed E-state index contributed by atoms with van der Waals surface area (Å²) in [5.74, 6) is 0.649. The molecular weight excluding hydrogens is 266 g/mol. The van der Waals surface area contributed by atoms with Crippen molar-refractivity contribution in [1.29, 1.82) is 0 Å². The van der Waals surface area contributed by atoms with Crippen LogP contribution in [-0.4, -0.2) is 41.6 Å². The molecule has 2 heterocycles. The Bertz CT molecular complexity index is 530. The van der Waals surface area contributed by atoms with E-state index in [2.05, 4.69) is 4.98 Å². The van der Waals surface area contributed by atoms with E-state index in [1.54, 1.807) is 13.2 Å². The third-order valence-electron chi connectivity index (χ3n) is 4.14. The van der Waals surface area contributed by atoms with E-state index in [0.717, 1.165) is 25.1 Å². The lowest BCUT2D eigenvalue weighted by Gasteiger charge is -2.39. The number of anilines is 1. The van der Waals surface area contributed by atoms with E-state index in [9.17, 15) is 4.79 Å². The van der Waals surface area contributed by atoms with Gasteiger partial charge < -0.3 is 15.4 Å². The molecule has 1 aromatic heterocycles. The molecule has 0 aromatic carbocycles. The van der Waals surface area contributed by atoms with Crippen LogP contribution in [-0.2, 0) is 4.74 Å². The molecule has 0 aliphatic carbocycles. The number of piperidine rings is 1. The Balaban J connectivity index is 2.23. The van der Waals surface area contributed by atoms with E-state index < -0.39 is 0 Å². The molecule has 21 heavy (non-hydrogen) atoms. The molecule has 0 saturated carbocycles. The minimum atomic E-state index is -0.257. The van der Waals surface area contributed by atoms with Gasteiger partial charge in [0.25, 0.3) is 5.91 Å². The molecule has 0 radical (unpaired) electrons. The van der Waals surface area contributed by atoms with E-state index in [0.29, 0.717) is 17.9 Å². The molecule has 0 bridgehead atoms. The maximum atomic E-state index is 12.7. The summed E-state index contributed by atoms with van der Waals surface area (Å²) < 4.78 is 5.55. The molecule has 1 aliphatic rings. The molecular formula is C16H25N3O2. The van der Waals surface area contributed by atoms with Crippen molar-refractivity contribution < 1.29 is 9.53 Å². The van der Waals surface area contributed by atoms with E-state index in [1.165, 1.54) is 0 Å². The summed E-state index contributed by atoms with van der Waals surface area (Å²) in [7, 11) is 1.70. The average molecular weight is 291 g/mol. The third-order valence-corrected chi connectivity index (χ3v) is 4.14. The lowest BCUT2D eigenvalue weighted by Crippen LogP contribution is -2.49. The topological polar surface area (TPSA) is 68.5 Å². The molecule has 116 valence electrons. The predicted octanol–water partition coefficient (Wildman–Crippen LogP) is 2.43. The second kappa shape index (κ2) is 6.02. The van der Waals surface area contributed by atoms with Gasteiger partial charge in [-0.3, -0.25) is 4.79 Å². The maximum Gasteiger partial charge on any atom is 0.254 e. The summed E-state index contributed by atoms with van der Waals surface area (Å²) in [5.41, 5.74) is 7.05. The molecule has 0 spiro atoms. The van der Waals surface area contributed by atoms with Gasteiger partial charge in [-0.15, -0.1) is 0 Å². The van der Waals surface area contributed by atoms with Crippen LogP contribution in [0.2, 0.25) is 0 Å². The number of hydrogen-bond donors (Lipinski definition) is 1. The Kier molecular flexibility index (Phi) is 4.52. The Morgan fingerprint density at radius 1 is 1.48 bits per heavy atom. The largest absolute Gasteiger partial charge is 0.384 e. The summed E-state index contributed by atoms with van der Waals surface area (Å²) in [4.78, 5) is 18.9. The van der Waals surface area contributed by atoms with Crippen molar-refractivity contribution in [2.45, 2.75) is 45.1 Å². The average Bonchev–Trinajstić information content (AvgIpc) is 2.46. The van der Waals surface area contributed by atoms with Crippen molar-refractivity contribution in [3.8, 4) is 0 Å². The fourth-order valence-corrected chi connectivity index (χ4v) is 2.72. The summed E-state index contributed by atoms with van der Waals surface area (Å²) in [5, 5.41) is 0. The highest BCUT2D eigenvalue weighted by Crippen LogP contribution is 2.26. The fourth-order valence-electron chi connectivity index (χ4n) is 2.72. The molecule has 1 amide bonds. The van der Waals surface area contributed by atoms with Crippen LogP contribution < -0.4 is 5.73 Å². The number of pyridine rings is 1. The number of amides is 1. The van der Waals surface area contributed by atoms with Crippen molar-refractivity contribution in [2.75, 3.05) is 25.9 Å². The number of aromatic nitrogens is 1. The number of likely N-dealkylation sites (tertiary alicyclic amines) is 1. The van der Waals surface area contributed by atoms with Gasteiger partial charge in [-0.2, -0.15) is 0 Å². The molecule has 5 heteroatoms. The van der Waals surface area contributed by atoms with Crippen molar-refractivity contribution in [2.24, 2.45) is 0 Å². The predicted molar refractivity (Wildman–Crippen MR) is 83.3 cm³/mol. The van der Waals surface area contributed by atoms with Gasteiger partial charge in [-0.1, -0.05) is 13.8 Å². The second-order valence-electron chi connectivity index (χ2n) is 6.34. The Morgan fingerprint density at radius 2 is 2.19 bits per heavy atom. The summed E-state index contributed by atoms with van der Waals surface area (Å²) in [6.07, 6.45) is 1.93. The van der Waals surface area contributed by atoms with Gasteiger partial charge in [0.05, 0.1) is 5.60 Å². The standard InChI is InChI=1S/C16H25N3O2/c1-11(2)13-8-12(9-14(17)18-13)15(20)19-7-5-6-16(3,10-19)21-4/h8-9,11H,5-7,10H2,1-4H3,(H2,17,18). The molecule has 1 fully saturated rings. The number of ether oxygens (including phenoxy) is 1. The Hall–Kier alpha value is -1.62. The van der Waals surface area contributed by atoms with E-state index >= 15 is 0 Å². The quantitative estimate of drug-likeness (QED) is 0.928. The van der Waals surface area contributed by atoms with Crippen LogP contribution in [0.15, 0.2) is 12.1 Å². The zero-order chi connectivity index (χ0) is 15.6. The Morgan fingerprint density at radius 3 is 2.81 bits per heavy atom. The fraction of sp³-hybridized carbons (Fsp3) is 0.625. The van der Waals surface area contributed by atoms with Crippen LogP contribution in [0.5, 0.6) is 0 Å². The number of methoxy groups -OCH3 is 1. The monoisotopic (exact) mass is 291 g/mol. The van der Waals surface area contributed by atoms with Gasteiger partial charge in [0.2, 0.25) is 0 Å². The van der Waals surface area contributed by atoms with Crippen LogP contribution in [0.3, 0.4) is 0 Å². The van der Waals surface area contributed by atoms with Crippen LogP contribution in [0.25, 0.3) is 0 Å². The van der Waals surface area contributed by atoms with Gasteiger partial charge in [0.15, 0.2) is 0 Å². The van der Waals surface area contributed by atoms with Gasteiger partial charge in [-0.25, -0.2) is 4.98 Å². The molecule has 1 atom stereocenters. The van der Waals surface area contributed by atoms with Gasteiger partial charge >= 0.3 is 0 Å². The number of carbonyl (C=O) groups is 1. The van der Waals surface area contributed by atoms with E-state index in [-0.39, 0.29) is 17.4 Å². The van der Waals surface area contributed by atoms with Crippen molar-refractivity contribution in [3.63, 3.8) is 0 Å². The normalized spacial score (nSPS) is 22.6. The minimum absolute atomic E-state index is 0.00831. The number of nitrogen functional groups attached to an aromatic ring is 1. The van der Waals surface area contributed by atoms with Gasteiger partial charge in [0.1, 0.15) is 5.82 Å². The third kappa shape index (κ3) is 3.53. The first-order valence-electron chi connectivity index (χ1n) is 7.46. The smallest absolute Gasteiger partial charge is 0.254 e. The maximum absolute atomic E-state index is 12.7. The highest BCUT2D eigenvalue weighted by Gasteiger charge is 2.33. The summed E-state index contributed by atoms with van der Waals surface area (Å²) in [6, 6.07) is 3.51. The molecule has 5 nitrogen and oxygen atoms in total. The zero-order valence-corrected chi connectivity index (χ0v) is 13.3. The Labute approximate surface area is 126 Å². The highest BCUT2D eigenvalue weighted by molar-refractivity contribution is 5.95. The number of rotatable bonds is 3. The molecule has 1 unspecified atom stereocenters. The summed E-state index contributed by atoms with van der Waals surface area (Å²) in [6.45, 7) is 7.50. The molecule has 1 saturated heterocycles. The van der Waals surface area contributed by atoms with E-state index in [4.69, 9.17) is 10.5 Å². The first-order valence-corrected chi connectivity index (χ1v) is 7.46. The minimum Gasteiger partial charge on any atom is -0.384 e. The van der Waals surface area contributed by atoms with Gasteiger partial charge in [0, 0.05) is 31.5 Å². The van der Waals surface area contributed by atoms with E-state index in [1.807, 2.05) is 31.7 Å².